The van der Waals surface area contributed by atoms with Gasteiger partial charge in [-0.2, -0.15) is 4.72 Å². The molecule has 3 aromatic carbocycles. The van der Waals surface area contributed by atoms with Crippen molar-refractivity contribution in [1.82, 2.24) is 14.9 Å². The highest BCUT2D eigenvalue weighted by Crippen LogP contribution is 2.22. The maximum absolute atomic E-state index is 12.9. The van der Waals surface area contributed by atoms with E-state index in [1.807, 2.05) is 0 Å². The first-order chi connectivity index (χ1) is 14.6. The average Bonchev–Trinajstić information content (AvgIpc) is 2.76. The Hall–Kier alpha value is -2.83. The molecule has 0 spiro atoms. The molecule has 0 heterocycles. The second-order valence-electron chi connectivity index (χ2n) is 6.79. The van der Waals surface area contributed by atoms with Crippen LogP contribution in [0.25, 0.3) is 10.8 Å². The molecule has 1 atom stereocenters. The van der Waals surface area contributed by atoms with E-state index in [1.165, 1.54) is 23.7 Å². The number of carbonyl (C=O) groups is 1. The zero-order chi connectivity index (χ0) is 22.6. The van der Waals surface area contributed by atoms with Crippen LogP contribution in [0.4, 0.5) is 0 Å². The molecule has 0 radical (unpaired) electrons. The van der Waals surface area contributed by atoms with E-state index in [2.05, 4.69) is 9.44 Å². The third-order valence-electron chi connectivity index (χ3n) is 4.57. The molecule has 1 unspecified atom stereocenters. The van der Waals surface area contributed by atoms with E-state index in [9.17, 15) is 21.6 Å². The Morgan fingerprint density at radius 1 is 0.903 bits per heavy atom. The van der Waals surface area contributed by atoms with E-state index in [1.54, 1.807) is 55.5 Å². The second-order valence-corrected chi connectivity index (χ2v) is 10.2. The first-order valence-corrected chi connectivity index (χ1v) is 12.1. The van der Waals surface area contributed by atoms with Crippen LogP contribution in [0.15, 0.2) is 76.5 Å². The Balaban J connectivity index is 1.84. The van der Waals surface area contributed by atoms with Gasteiger partial charge in [-0.05, 0) is 30.5 Å². The number of sulfonamides is 2. The molecule has 0 saturated carbocycles. The van der Waals surface area contributed by atoms with Crippen molar-refractivity contribution in [2.45, 2.75) is 22.8 Å². The molecular formula is C20H21N3O6S2. The lowest BCUT2D eigenvalue weighted by Crippen LogP contribution is -2.51. The van der Waals surface area contributed by atoms with Crippen molar-refractivity contribution in [1.29, 1.82) is 0 Å². The SMILES string of the molecule is Cc1ccc(S(=O)(=O)NC(CNS(=O)(=O)c2cccc3ccccc23)C(=O)NO)cc1. The molecule has 0 aliphatic heterocycles. The lowest BCUT2D eigenvalue weighted by Gasteiger charge is -2.18. The first-order valence-electron chi connectivity index (χ1n) is 9.14. The van der Waals surface area contributed by atoms with Crippen LogP contribution in [0.5, 0.6) is 0 Å². The maximum Gasteiger partial charge on any atom is 0.262 e. The van der Waals surface area contributed by atoms with E-state index in [-0.39, 0.29) is 9.79 Å². The minimum Gasteiger partial charge on any atom is -0.289 e. The minimum atomic E-state index is -4.16. The fourth-order valence-electron chi connectivity index (χ4n) is 2.94. The van der Waals surface area contributed by atoms with E-state index in [0.717, 1.165) is 5.56 Å². The summed E-state index contributed by atoms with van der Waals surface area (Å²) in [6.45, 7) is 1.16. The van der Waals surface area contributed by atoms with Crippen LogP contribution in [0.1, 0.15) is 5.56 Å². The van der Waals surface area contributed by atoms with Gasteiger partial charge in [-0.25, -0.2) is 27.0 Å². The van der Waals surface area contributed by atoms with E-state index in [0.29, 0.717) is 10.8 Å². The summed E-state index contributed by atoms with van der Waals surface area (Å²) in [5.74, 6) is -1.11. The predicted molar refractivity (Wildman–Crippen MR) is 114 cm³/mol. The number of benzene rings is 3. The van der Waals surface area contributed by atoms with Crippen molar-refractivity contribution in [3.05, 3.63) is 72.3 Å². The van der Waals surface area contributed by atoms with Gasteiger partial charge >= 0.3 is 0 Å². The van der Waals surface area contributed by atoms with Crippen molar-refractivity contribution in [2.24, 2.45) is 0 Å². The van der Waals surface area contributed by atoms with Gasteiger partial charge in [-0.3, -0.25) is 10.0 Å². The summed E-state index contributed by atoms with van der Waals surface area (Å²) in [4.78, 5) is 11.9. The van der Waals surface area contributed by atoms with Crippen molar-refractivity contribution in [3.63, 3.8) is 0 Å². The molecule has 164 valence electrons. The summed E-state index contributed by atoms with van der Waals surface area (Å²) in [5, 5.41) is 10.2. The molecule has 0 aliphatic carbocycles. The molecule has 0 fully saturated rings. The summed E-state index contributed by atoms with van der Waals surface area (Å²) in [7, 11) is -8.25. The Labute approximate surface area is 180 Å². The highest BCUT2D eigenvalue weighted by atomic mass is 32.2. The number of nitrogens with one attached hydrogen (secondary N) is 3. The highest BCUT2D eigenvalue weighted by molar-refractivity contribution is 7.90. The molecule has 31 heavy (non-hydrogen) atoms. The van der Waals surface area contributed by atoms with Crippen molar-refractivity contribution < 1.29 is 26.8 Å². The molecule has 0 bridgehead atoms. The number of fused-ring (bicyclic) bond motifs is 1. The molecule has 1 amide bonds. The topological polar surface area (TPSA) is 142 Å². The summed E-state index contributed by atoms with van der Waals surface area (Å²) in [6.07, 6.45) is 0. The molecule has 3 rings (SSSR count). The van der Waals surface area contributed by atoms with Crippen LogP contribution in [0, 0.1) is 6.92 Å². The molecule has 9 nitrogen and oxygen atoms in total. The van der Waals surface area contributed by atoms with Gasteiger partial charge < -0.3 is 0 Å². The summed E-state index contributed by atoms with van der Waals surface area (Å²) >= 11 is 0. The largest absolute Gasteiger partial charge is 0.289 e. The molecule has 0 aliphatic rings. The standard InChI is InChI=1S/C20H21N3O6S2/c1-14-9-11-16(12-10-14)30(26,27)23-18(20(24)22-25)13-21-31(28,29)19-8-4-6-15-5-2-3-7-17(15)19/h2-12,18,21,23,25H,13H2,1H3,(H,22,24). The number of rotatable bonds is 8. The number of hydrogen-bond donors (Lipinski definition) is 4. The highest BCUT2D eigenvalue weighted by Gasteiger charge is 2.28. The molecule has 11 heteroatoms. The first kappa shape index (κ1) is 22.8. The Morgan fingerprint density at radius 2 is 1.55 bits per heavy atom. The van der Waals surface area contributed by atoms with Crippen molar-refractivity contribution >= 4 is 36.7 Å². The monoisotopic (exact) mass is 463 g/mol. The van der Waals surface area contributed by atoms with Gasteiger partial charge in [0.25, 0.3) is 5.91 Å². The molecule has 4 N–H and O–H groups in total. The zero-order valence-corrected chi connectivity index (χ0v) is 18.1. The maximum atomic E-state index is 12.9. The number of hydrogen-bond acceptors (Lipinski definition) is 6. The van der Waals surface area contributed by atoms with E-state index < -0.39 is 38.5 Å². The van der Waals surface area contributed by atoms with Gasteiger partial charge in [-0.15, -0.1) is 0 Å². The third-order valence-corrected chi connectivity index (χ3v) is 7.54. The van der Waals surface area contributed by atoms with E-state index in [4.69, 9.17) is 5.21 Å². The minimum absolute atomic E-state index is 0.0184. The molecular weight excluding hydrogens is 442 g/mol. The van der Waals surface area contributed by atoms with Gasteiger partial charge in [0.15, 0.2) is 0 Å². The molecule has 3 aromatic rings. The molecule has 0 saturated heterocycles. The summed E-state index contributed by atoms with van der Waals surface area (Å²) in [6, 6.07) is 15.9. The smallest absolute Gasteiger partial charge is 0.262 e. The van der Waals surface area contributed by atoms with Crippen molar-refractivity contribution in [2.75, 3.05) is 6.54 Å². The van der Waals surface area contributed by atoms with Gasteiger partial charge in [-0.1, -0.05) is 54.1 Å². The number of hydroxylamine groups is 1. The number of carbonyl (C=O) groups excluding carboxylic acids is 1. The fourth-order valence-corrected chi connectivity index (χ4v) is 5.41. The van der Waals surface area contributed by atoms with Crippen LogP contribution >= 0.6 is 0 Å². The van der Waals surface area contributed by atoms with Crippen LogP contribution in [-0.2, 0) is 24.8 Å². The Morgan fingerprint density at radius 3 is 2.23 bits per heavy atom. The second kappa shape index (κ2) is 9.12. The average molecular weight is 464 g/mol. The predicted octanol–water partition coefficient (Wildman–Crippen LogP) is 1.28. The Kier molecular flexibility index (Phi) is 6.72. The Bertz CT molecular complexity index is 1300. The lowest BCUT2D eigenvalue weighted by molar-refractivity contribution is -0.130. The number of amides is 1. The van der Waals surface area contributed by atoms with Gasteiger partial charge in [0.05, 0.1) is 9.79 Å². The van der Waals surface area contributed by atoms with Crippen LogP contribution in [-0.4, -0.2) is 40.5 Å². The number of aryl methyl sites for hydroxylation is 1. The summed E-state index contributed by atoms with van der Waals surface area (Å²) < 4.78 is 55.2. The zero-order valence-electron chi connectivity index (χ0n) is 16.4. The van der Waals surface area contributed by atoms with Crippen LogP contribution in [0.3, 0.4) is 0 Å². The normalized spacial score (nSPS) is 13.1. The van der Waals surface area contributed by atoms with Gasteiger partial charge in [0, 0.05) is 11.9 Å². The van der Waals surface area contributed by atoms with Crippen molar-refractivity contribution in [3.8, 4) is 0 Å². The lowest BCUT2D eigenvalue weighted by atomic mass is 10.1. The quantitative estimate of drug-likeness (QED) is 0.293. The van der Waals surface area contributed by atoms with Crippen LogP contribution in [0.2, 0.25) is 0 Å². The van der Waals surface area contributed by atoms with E-state index >= 15 is 0 Å². The third kappa shape index (κ3) is 5.27. The van der Waals surface area contributed by atoms with Gasteiger partial charge in [0.1, 0.15) is 6.04 Å². The van der Waals surface area contributed by atoms with Crippen LogP contribution < -0.4 is 14.9 Å². The molecule has 0 aromatic heterocycles. The summed E-state index contributed by atoms with van der Waals surface area (Å²) in [5.41, 5.74) is 2.19. The van der Waals surface area contributed by atoms with Gasteiger partial charge in [0.2, 0.25) is 20.0 Å². The fraction of sp³-hybridized carbons (Fsp3) is 0.150.